The minimum Gasteiger partial charge on any atom is -0.489 e. The summed E-state index contributed by atoms with van der Waals surface area (Å²) in [5.74, 6) is -0.285. The fourth-order valence-corrected chi connectivity index (χ4v) is 4.07. The normalized spacial score (nSPS) is 11.6. The van der Waals surface area contributed by atoms with Crippen molar-refractivity contribution in [3.63, 3.8) is 0 Å². The fraction of sp³-hybridized carbons (Fsp3) is 0.133. The molecule has 0 radical (unpaired) electrons. The molecule has 1 amide bonds. The van der Waals surface area contributed by atoms with E-state index in [0.29, 0.717) is 18.0 Å². The van der Waals surface area contributed by atoms with E-state index in [0.717, 1.165) is 22.3 Å². The summed E-state index contributed by atoms with van der Waals surface area (Å²) in [4.78, 5) is 34.1. The molecular formula is C30H26N4O4. The number of carbonyl (C=O) groups is 2. The van der Waals surface area contributed by atoms with Gasteiger partial charge in [-0.2, -0.15) is 0 Å². The van der Waals surface area contributed by atoms with Crippen LogP contribution in [-0.2, 0) is 22.6 Å². The number of imidazole rings is 1. The second kappa shape index (κ2) is 11.4. The molecule has 0 saturated carbocycles. The number of nitrogens with one attached hydrogen (secondary N) is 1. The van der Waals surface area contributed by atoms with Crippen molar-refractivity contribution >= 4 is 17.5 Å². The standard InChI is InChI=1S/C30H26N4O4/c1-37-30(36)26(16-21-9-12-25(13-10-21)38-20-22-6-3-2-4-7-22)33-29(35)27-19-34-18-24(11-14-28(34)32-27)23-8-5-15-31-17-23/h2-15,17-19,26H,16,20H2,1H3,(H,33,35). The number of methoxy groups -OCH3 is 1. The molecule has 2 aromatic carbocycles. The number of carbonyl (C=O) groups excluding carboxylic acids is 2. The van der Waals surface area contributed by atoms with Gasteiger partial charge in [-0.25, -0.2) is 9.78 Å². The Balaban J connectivity index is 1.26. The molecule has 5 aromatic rings. The van der Waals surface area contributed by atoms with Crippen LogP contribution in [0.1, 0.15) is 21.6 Å². The van der Waals surface area contributed by atoms with Gasteiger partial charge in [0.1, 0.15) is 29.7 Å². The Morgan fingerprint density at radius 2 is 1.71 bits per heavy atom. The zero-order valence-corrected chi connectivity index (χ0v) is 20.8. The summed E-state index contributed by atoms with van der Waals surface area (Å²) in [5, 5.41) is 2.77. The van der Waals surface area contributed by atoms with Crippen LogP contribution in [-0.4, -0.2) is 39.4 Å². The molecule has 0 bridgehead atoms. The van der Waals surface area contributed by atoms with Crippen molar-refractivity contribution in [2.24, 2.45) is 0 Å². The molecule has 1 N–H and O–H groups in total. The molecule has 8 heteroatoms. The number of esters is 1. The number of aromatic nitrogens is 3. The molecule has 3 aromatic heterocycles. The van der Waals surface area contributed by atoms with Gasteiger partial charge in [0.05, 0.1) is 7.11 Å². The third-order valence-corrected chi connectivity index (χ3v) is 6.08. The van der Waals surface area contributed by atoms with Gasteiger partial charge in [0.25, 0.3) is 5.91 Å². The van der Waals surface area contributed by atoms with E-state index in [1.165, 1.54) is 7.11 Å². The van der Waals surface area contributed by atoms with Gasteiger partial charge >= 0.3 is 5.97 Å². The Bertz CT molecular complexity index is 1530. The van der Waals surface area contributed by atoms with Crippen LogP contribution in [0, 0.1) is 0 Å². The third kappa shape index (κ3) is 5.87. The van der Waals surface area contributed by atoms with E-state index in [-0.39, 0.29) is 12.1 Å². The highest BCUT2D eigenvalue weighted by Gasteiger charge is 2.24. The monoisotopic (exact) mass is 506 g/mol. The second-order valence-electron chi connectivity index (χ2n) is 8.72. The Kier molecular flexibility index (Phi) is 7.40. The SMILES string of the molecule is COC(=O)C(Cc1ccc(OCc2ccccc2)cc1)NC(=O)c1cn2cc(-c3cccnc3)ccc2n1. The first-order valence-corrected chi connectivity index (χ1v) is 12.1. The number of hydrogen-bond acceptors (Lipinski definition) is 6. The molecule has 5 rings (SSSR count). The van der Waals surface area contributed by atoms with Crippen molar-refractivity contribution in [3.05, 3.63) is 120 Å². The van der Waals surface area contributed by atoms with Crippen LogP contribution in [0.2, 0.25) is 0 Å². The third-order valence-electron chi connectivity index (χ3n) is 6.08. The minimum absolute atomic E-state index is 0.201. The molecule has 0 aliphatic rings. The van der Waals surface area contributed by atoms with Gasteiger partial charge in [-0.05, 0) is 47.0 Å². The summed E-state index contributed by atoms with van der Waals surface area (Å²) in [5.41, 5.74) is 4.64. The smallest absolute Gasteiger partial charge is 0.328 e. The van der Waals surface area contributed by atoms with Crippen molar-refractivity contribution in [1.82, 2.24) is 19.7 Å². The Morgan fingerprint density at radius 1 is 0.895 bits per heavy atom. The van der Waals surface area contributed by atoms with Gasteiger partial charge in [0.15, 0.2) is 0 Å². The van der Waals surface area contributed by atoms with Gasteiger partial charge < -0.3 is 19.2 Å². The number of ether oxygens (including phenoxy) is 2. The maximum Gasteiger partial charge on any atom is 0.328 e. The van der Waals surface area contributed by atoms with Crippen LogP contribution >= 0.6 is 0 Å². The molecule has 0 saturated heterocycles. The van der Waals surface area contributed by atoms with E-state index < -0.39 is 17.9 Å². The quantitative estimate of drug-likeness (QED) is 0.296. The van der Waals surface area contributed by atoms with E-state index in [4.69, 9.17) is 9.47 Å². The fourth-order valence-electron chi connectivity index (χ4n) is 4.07. The molecule has 0 fully saturated rings. The number of nitrogens with zero attached hydrogens (tertiary/aromatic N) is 3. The van der Waals surface area contributed by atoms with E-state index in [2.05, 4.69) is 15.3 Å². The van der Waals surface area contributed by atoms with Crippen molar-refractivity contribution in [2.45, 2.75) is 19.1 Å². The van der Waals surface area contributed by atoms with E-state index in [1.807, 2.05) is 85.1 Å². The van der Waals surface area contributed by atoms with E-state index in [1.54, 1.807) is 23.0 Å². The van der Waals surface area contributed by atoms with E-state index in [9.17, 15) is 9.59 Å². The van der Waals surface area contributed by atoms with Crippen LogP contribution in [0.15, 0.2) is 104 Å². The van der Waals surface area contributed by atoms with Crippen LogP contribution in [0.4, 0.5) is 0 Å². The molecule has 0 spiro atoms. The summed E-state index contributed by atoms with van der Waals surface area (Å²) in [6.07, 6.45) is 7.27. The summed E-state index contributed by atoms with van der Waals surface area (Å²) < 4.78 is 12.6. The number of fused-ring (bicyclic) bond motifs is 1. The number of pyridine rings is 2. The molecule has 1 unspecified atom stereocenters. The zero-order valence-electron chi connectivity index (χ0n) is 20.8. The lowest BCUT2D eigenvalue weighted by Crippen LogP contribution is -2.43. The first-order chi connectivity index (χ1) is 18.6. The van der Waals surface area contributed by atoms with Crippen LogP contribution in [0.5, 0.6) is 5.75 Å². The van der Waals surface area contributed by atoms with Crippen molar-refractivity contribution in [3.8, 4) is 16.9 Å². The Morgan fingerprint density at radius 3 is 2.45 bits per heavy atom. The lowest BCUT2D eigenvalue weighted by Gasteiger charge is -2.16. The molecule has 190 valence electrons. The highest BCUT2D eigenvalue weighted by atomic mass is 16.5. The molecule has 0 aliphatic carbocycles. The molecule has 0 aliphatic heterocycles. The van der Waals surface area contributed by atoms with Gasteiger partial charge in [0, 0.05) is 36.8 Å². The largest absolute Gasteiger partial charge is 0.489 e. The van der Waals surface area contributed by atoms with Crippen LogP contribution < -0.4 is 10.1 Å². The Hall–Kier alpha value is -4.98. The average Bonchev–Trinajstić information content (AvgIpc) is 3.41. The molecule has 38 heavy (non-hydrogen) atoms. The number of benzene rings is 2. The summed E-state index contributed by atoms with van der Waals surface area (Å²) in [6, 6.07) is 24.0. The van der Waals surface area contributed by atoms with E-state index >= 15 is 0 Å². The lowest BCUT2D eigenvalue weighted by molar-refractivity contribution is -0.142. The lowest BCUT2D eigenvalue weighted by atomic mass is 10.1. The minimum atomic E-state index is -0.876. The predicted molar refractivity (Wildman–Crippen MR) is 143 cm³/mol. The number of rotatable bonds is 9. The zero-order chi connectivity index (χ0) is 26.3. The first-order valence-electron chi connectivity index (χ1n) is 12.1. The predicted octanol–water partition coefficient (Wildman–Crippen LogP) is 4.49. The summed E-state index contributed by atoms with van der Waals surface area (Å²) >= 11 is 0. The number of amides is 1. The summed E-state index contributed by atoms with van der Waals surface area (Å²) in [6.45, 7) is 0.462. The topological polar surface area (TPSA) is 94.8 Å². The maximum atomic E-state index is 13.0. The molecule has 1 atom stereocenters. The van der Waals surface area contributed by atoms with Crippen LogP contribution in [0.25, 0.3) is 16.8 Å². The average molecular weight is 507 g/mol. The molecular weight excluding hydrogens is 480 g/mol. The van der Waals surface area contributed by atoms with Crippen molar-refractivity contribution < 1.29 is 19.1 Å². The van der Waals surface area contributed by atoms with Gasteiger partial charge in [-0.15, -0.1) is 0 Å². The van der Waals surface area contributed by atoms with Gasteiger partial charge in [-0.3, -0.25) is 9.78 Å². The molecule has 8 nitrogen and oxygen atoms in total. The Labute approximate surface area is 219 Å². The summed E-state index contributed by atoms with van der Waals surface area (Å²) in [7, 11) is 1.30. The van der Waals surface area contributed by atoms with Gasteiger partial charge in [-0.1, -0.05) is 48.5 Å². The maximum absolute atomic E-state index is 13.0. The van der Waals surface area contributed by atoms with Gasteiger partial charge in [0.2, 0.25) is 0 Å². The number of hydrogen-bond donors (Lipinski definition) is 1. The highest BCUT2D eigenvalue weighted by molar-refractivity contribution is 5.95. The molecule has 3 heterocycles. The van der Waals surface area contributed by atoms with Crippen molar-refractivity contribution in [2.75, 3.05) is 7.11 Å². The first kappa shape index (κ1) is 24.7. The van der Waals surface area contributed by atoms with Crippen LogP contribution in [0.3, 0.4) is 0 Å². The van der Waals surface area contributed by atoms with Crippen molar-refractivity contribution in [1.29, 1.82) is 0 Å². The second-order valence-corrected chi connectivity index (χ2v) is 8.72. The highest BCUT2D eigenvalue weighted by Crippen LogP contribution is 2.20.